The van der Waals surface area contributed by atoms with E-state index in [1.807, 2.05) is 0 Å². The Morgan fingerprint density at radius 2 is 1.95 bits per heavy atom. The van der Waals surface area contributed by atoms with E-state index in [-0.39, 0.29) is 5.41 Å². The number of hydrogen-bond acceptors (Lipinski definition) is 2. The van der Waals surface area contributed by atoms with E-state index in [2.05, 4.69) is 56.4 Å². The topological polar surface area (TPSA) is 21.3 Å². The van der Waals surface area contributed by atoms with Gasteiger partial charge in [0.1, 0.15) is 0 Å². The van der Waals surface area contributed by atoms with Gasteiger partial charge in [0.2, 0.25) is 0 Å². The first kappa shape index (κ1) is 15.5. The minimum absolute atomic E-state index is 0.200. The molecule has 0 amide bonds. The van der Waals surface area contributed by atoms with E-state index < -0.39 is 0 Å². The van der Waals surface area contributed by atoms with Crippen LogP contribution < -0.4 is 5.32 Å². The average Bonchev–Trinajstić information content (AvgIpc) is 2.89. The summed E-state index contributed by atoms with van der Waals surface area (Å²) in [4.78, 5) is 0. The van der Waals surface area contributed by atoms with Crippen molar-refractivity contribution in [3.05, 3.63) is 35.9 Å². The number of nitrogens with one attached hydrogen (secondary N) is 1. The normalized spacial score (nSPS) is 25.6. The van der Waals surface area contributed by atoms with Crippen LogP contribution in [0.3, 0.4) is 0 Å². The Kier molecular flexibility index (Phi) is 5.62. The highest BCUT2D eigenvalue weighted by atomic mass is 16.5. The first-order valence-corrected chi connectivity index (χ1v) is 8.12. The van der Waals surface area contributed by atoms with Gasteiger partial charge in [0.05, 0.1) is 12.2 Å². The second-order valence-electron chi connectivity index (χ2n) is 6.13. The zero-order chi connectivity index (χ0) is 14.4. The monoisotopic (exact) mass is 275 g/mol. The Morgan fingerprint density at radius 1 is 1.20 bits per heavy atom. The van der Waals surface area contributed by atoms with Crippen molar-refractivity contribution in [2.24, 2.45) is 0 Å². The summed E-state index contributed by atoms with van der Waals surface area (Å²) in [5.74, 6) is 0. The summed E-state index contributed by atoms with van der Waals surface area (Å²) in [7, 11) is 0. The van der Waals surface area contributed by atoms with E-state index in [1.165, 1.54) is 18.4 Å². The highest BCUT2D eigenvalue weighted by molar-refractivity contribution is 5.26. The zero-order valence-corrected chi connectivity index (χ0v) is 13.2. The molecule has 0 aliphatic carbocycles. The molecule has 2 heteroatoms. The van der Waals surface area contributed by atoms with Crippen LogP contribution in [0.15, 0.2) is 30.3 Å². The summed E-state index contributed by atoms with van der Waals surface area (Å²) in [5.41, 5.74) is 1.65. The fourth-order valence-corrected chi connectivity index (χ4v) is 3.39. The molecule has 1 heterocycles. The first-order chi connectivity index (χ1) is 9.70. The minimum Gasteiger partial charge on any atom is -0.375 e. The van der Waals surface area contributed by atoms with Gasteiger partial charge in [-0.25, -0.2) is 0 Å². The van der Waals surface area contributed by atoms with E-state index in [0.29, 0.717) is 12.2 Å². The molecule has 3 atom stereocenters. The fourth-order valence-electron chi connectivity index (χ4n) is 3.39. The van der Waals surface area contributed by atoms with E-state index >= 15 is 0 Å². The Balaban J connectivity index is 2.18. The highest BCUT2D eigenvalue weighted by Crippen LogP contribution is 2.36. The molecular weight excluding hydrogens is 246 g/mol. The predicted molar refractivity (Wildman–Crippen MR) is 85.1 cm³/mol. The second-order valence-corrected chi connectivity index (χ2v) is 6.13. The molecule has 1 aromatic carbocycles. The largest absolute Gasteiger partial charge is 0.375 e. The second kappa shape index (κ2) is 7.24. The fraction of sp³-hybridized carbons (Fsp3) is 0.667. The molecule has 1 N–H and O–H groups in total. The maximum absolute atomic E-state index is 6.09. The number of hydrogen-bond donors (Lipinski definition) is 1. The summed E-state index contributed by atoms with van der Waals surface area (Å²) in [5, 5.41) is 3.57. The van der Waals surface area contributed by atoms with Crippen LogP contribution in [-0.4, -0.2) is 25.3 Å². The molecule has 2 rings (SSSR count). The molecule has 1 saturated heterocycles. The van der Waals surface area contributed by atoms with Gasteiger partial charge in [0.15, 0.2) is 0 Å². The Morgan fingerprint density at radius 3 is 2.50 bits per heavy atom. The molecule has 3 unspecified atom stereocenters. The van der Waals surface area contributed by atoms with Crippen molar-refractivity contribution in [2.45, 2.75) is 64.1 Å². The van der Waals surface area contributed by atoms with Crippen molar-refractivity contribution >= 4 is 0 Å². The minimum atomic E-state index is 0.200. The Labute approximate surface area is 123 Å². The van der Waals surface area contributed by atoms with Crippen molar-refractivity contribution in [1.82, 2.24) is 5.32 Å². The van der Waals surface area contributed by atoms with Crippen LogP contribution in [0.5, 0.6) is 0 Å². The molecule has 0 spiro atoms. The summed E-state index contributed by atoms with van der Waals surface area (Å²) in [6, 6.07) is 11.0. The third-order valence-corrected chi connectivity index (χ3v) is 4.71. The van der Waals surface area contributed by atoms with Gasteiger partial charge in [-0.05, 0) is 44.7 Å². The van der Waals surface area contributed by atoms with Crippen LogP contribution in [0, 0.1) is 0 Å². The lowest BCUT2D eigenvalue weighted by molar-refractivity contribution is 0.0347. The van der Waals surface area contributed by atoms with Crippen molar-refractivity contribution in [1.29, 1.82) is 0 Å². The van der Waals surface area contributed by atoms with Crippen molar-refractivity contribution < 1.29 is 4.74 Å². The van der Waals surface area contributed by atoms with Crippen LogP contribution in [0.4, 0.5) is 0 Å². The number of benzene rings is 1. The molecule has 112 valence electrons. The van der Waals surface area contributed by atoms with E-state index in [4.69, 9.17) is 4.74 Å². The summed E-state index contributed by atoms with van der Waals surface area (Å²) >= 11 is 0. The van der Waals surface area contributed by atoms with Crippen LogP contribution in [0.2, 0.25) is 0 Å². The lowest BCUT2D eigenvalue weighted by Gasteiger charge is -2.36. The predicted octanol–water partition coefficient (Wildman–Crippen LogP) is 3.90. The van der Waals surface area contributed by atoms with Gasteiger partial charge in [-0.1, -0.05) is 44.2 Å². The lowest BCUT2D eigenvalue weighted by Crippen LogP contribution is -2.40. The van der Waals surface area contributed by atoms with Crippen molar-refractivity contribution in [3.63, 3.8) is 0 Å². The molecule has 0 saturated carbocycles. The molecule has 1 aliphatic heterocycles. The van der Waals surface area contributed by atoms with Crippen LogP contribution >= 0.6 is 0 Å². The first-order valence-electron chi connectivity index (χ1n) is 8.12. The molecule has 0 aromatic heterocycles. The summed E-state index contributed by atoms with van der Waals surface area (Å²) < 4.78 is 6.09. The van der Waals surface area contributed by atoms with Gasteiger partial charge in [0, 0.05) is 12.0 Å². The highest BCUT2D eigenvalue weighted by Gasteiger charge is 2.35. The van der Waals surface area contributed by atoms with Gasteiger partial charge in [0.25, 0.3) is 0 Å². The van der Waals surface area contributed by atoms with Gasteiger partial charge in [-0.15, -0.1) is 0 Å². The maximum Gasteiger partial charge on any atom is 0.0588 e. The molecular formula is C18H29NO. The van der Waals surface area contributed by atoms with Crippen LogP contribution in [0.1, 0.15) is 52.0 Å². The number of ether oxygens (including phenoxy) is 1. The summed E-state index contributed by atoms with van der Waals surface area (Å²) in [6.07, 6.45) is 5.55. The average molecular weight is 275 g/mol. The number of rotatable bonds is 7. The molecule has 1 aromatic rings. The van der Waals surface area contributed by atoms with Crippen molar-refractivity contribution in [2.75, 3.05) is 13.1 Å². The quantitative estimate of drug-likeness (QED) is 0.815. The smallest absolute Gasteiger partial charge is 0.0588 e. The SMILES string of the molecule is CCNCC(CC)(CC1CCC(C)O1)c1ccccc1. The van der Waals surface area contributed by atoms with Gasteiger partial charge in [-0.3, -0.25) is 0 Å². The van der Waals surface area contributed by atoms with Gasteiger partial charge in [-0.2, -0.15) is 0 Å². The molecule has 20 heavy (non-hydrogen) atoms. The standard InChI is InChI=1S/C18H29NO/c1-4-18(14-19-5-2,16-9-7-6-8-10-16)13-17-12-11-15(3)20-17/h6-10,15,17,19H,4-5,11-14H2,1-3H3. The van der Waals surface area contributed by atoms with Crippen LogP contribution in [0.25, 0.3) is 0 Å². The molecule has 2 nitrogen and oxygen atoms in total. The van der Waals surface area contributed by atoms with Gasteiger partial charge >= 0.3 is 0 Å². The lowest BCUT2D eigenvalue weighted by atomic mass is 9.73. The summed E-state index contributed by atoms with van der Waals surface area (Å²) in [6.45, 7) is 8.75. The third-order valence-electron chi connectivity index (χ3n) is 4.71. The molecule has 1 aliphatic rings. The van der Waals surface area contributed by atoms with Crippen LogP contribution in [-0.2, 0) is 10.2 Å². The molecule has 1 fully saturated rings. The zero-order valence-electron chi connectivity index (χ0n) is 13.2. The third kappa shape index (κ3) is 3.62. The number of likely N-dealkylation sites (N-methyl/N-ethyl adjacent to an activating group) is 1. The molecule has 0 bridgehead atoms. The van der Waals surface area contributed by atoms with E-state index in [9.17, 15) is 0 Å². The van der Waals surface area contributed by atoms with E-state index in [1.54, 1.807) is 0 Å². The molecule has 0 radical (unpaired) electrons. The maximum atomic E-state index is 6.09. The van der Waals surface area contributed by atoms with E-state index in [0.717, 1.165) is 25.9 Å². The Hall–Kier alpha value is -0.860. The Bertz CT molecular complexity index is 392. The van der Waals surface area contributed by atoms with Crippen molar-refractivity contribution in [3.8, 4) is 0 Å². The van der Waals surface area contributed by atoms with Gasteiger partial charge < -0.3 is 10.1 Å².